The zero-order chi connectivity index (χ0) is 24.6. The van der Waals surface area contributed by atoms with Crippen LogP contribution in [0.5, 0.6) is 0 Å². The van der Waals surface area contributed by atoms with E-state index in [1.54, 1.807) is 13.1 Å². The summed E-state index contributed by atoms with van der Waals surface area (Å²) in [5.74, 6) is 0.0225. The van der Waals surface area contributed by atoms with E-state index in [9.17, 15) is 13.2 Å². The van der Waals surface area contributed by atoms with Gasteiger partial charge in [-0.15, -0.1) is 0 Å². The van der Waals surface area contributed by atoms with Gasteiger partial charge in [0.25, 0.3) is 0 Å². The molecule has 3 rings (SSSR count). The smallest absolute Gasteiger partial charge is 0.223 e. The molecule has 0 radical (unpaired) electrons. The number of rotatable bonds is 12. The van der Waals surface area contributed by atoms with E-state index in [-0.39, 0.29) is 28.3 Å². The number of nitrogens with zero attached hydrogens (tertiary/aromatic N) is 2. The lowest BCUT2D eigenvalue weighted by atomic mass is 9.77. The Labute approximate surface area is 213 Å². The molecule has 0 bridgehead atoms. The first-order valence-electron chi connectivity index (χ1n) is 12.3. The number of allylic oxidation sites excluding steroid dienone is 3. The number of aromatic nitrogens is 2. The van der Waals surface area contributed by atoms with Crippen LogP contribution in [0.15, 0.2) is 38.8 Å². The minimum atomic E-state index is -3.39. The third-order valence-corrected chi connectivity index (χ3v) is 11.6. The largest absolute Gasteiger partial charge is 0.355 e. The van der Waals surface area contributed by atoms with Crippen LogP contribution in [0.1, 0.15) is 71.1 Å². The molecule has 1 amide bonds. The van der Waals surface area contributed by atoms with Gasteiger partial charge in [0.15, 0.2) is 9.84 Å². The Morgan fingerprint density at radius 3 is 2.68 bits per heavy atom. The van der Waals surface area contributed by atoms with Crippen LogP contribution in [0, 0.1) is 11.3 Å². The fourth-order valence-electron chi connectivity index (χ4n) is 4.99. The molecule has 1 saturated carbocycles. The van der Waals surface area contributed by atoms with E-state index in [4.69, 9.17) is 0 Å². The molecule has 1 aromatic rings. The third kappa shape index (κ3) is 7.08. The average Bonchev–Trinajstić information content (AvgIpc) is 3.28. The quantitative estimate of drug-likeness (QED) is 0.257. The summed E-state index contributed by atoms with van der Waals surface area (Å²) in [7, 11) is -1.70. The predicted molar refractivity (Wildman–Crippen MR) is 143 cm³/mol. The van der Waals surface area contributed by atoms with Crippen molar-refractivity contribution in [1.29, 1.82) is 0 Å². The summed E-state index contributed by atoms with van der Waals surface area (Å²) < 4.78 is 44.7. The van der Waals surface area contributed by atoms with Gasteiger partial charge in [0, 0.05) is 34.7 Å². The van der Waals surface area contributed by atoms with Crippen molar-refractivity contribution in [3.8, 4) is 0 Å². The highest BCUT2D eigenvalue weighted by Gasteiger charge is 2.36. The lowest BCUT2D eigenvalue weighted by Crippen LogP contribution is -2.41. The number of nitrogens with one attached hydrogen (secondary N) is 1. The number of carbonyl (C=O) groups excluding carboxylic acids is 1. The van der Waals surface area contributed by atoms with Gasteiger partial charge in [-0.1, -0.05) is 65.8 Å². The number of sulfone groups is 1. The second-order valence-electron chi connectivity index (χ2n) is 9.46. The summed E-state index contributed by atoms with van der Waals surface area (Å²) in [6.45, 7) is 2.51. The molecule has 6 nitrogen and oxygen atoms in total. The number of unbranched alkanes of at least 4 members (excludes halogenated alkanes) is 1. The minimum Gasteiger partial charge on any atom is -0.355 e. The molecule has 1 N–H and O–H groups in total. The van der Waals surface area contributed by atoms with E-state index in [0.29, 0.717) is 25.8 Å². The van der Waals surface area contributed by atoms with Gasteiger partial charge < -0.3 is 5.32 Å². The Morgan fingerprint density at radius 2 is 2.03 bits per heavy atom. The van der Waals surface area contributed by atoms with Gasteiger partial charge in [-0.3, -0.25) is 9.48 Å². The molecule has 1 aliphatic heterocycles. The number of aryl methyl sites for hydroxylation is 1. The summed E-state index contributed by atoms with van der Waals surface area (Å²) in [4.78, 5) is 13.1. The van der Waals surface area contributed by atoms with Crippen LogP contribution >= 0.6 is 20.7 Å². The standard InChI is InChI=1S/C25H37FIN3O3S/c1-3-13-25(23-22(26)12-9-15-27-23,19-28-24(31)20-10-5-4-6-11-20)14-7-8-16-34(32,33)21-17-29-30(2)18-21/h9,12,15,17-18,20H,3-8,10-11,13-14,16,19H2,1-2H3,(H,28,31). The summed E-state index contributed by atoms with van der Waals surface area (Å²) in [6, 6.07) is 0. The number of hydrogen-bond donors (Lipinski definition) is 1. The normalized spacial score (nSPS) is 19.0. The maximum Gasteiger partial charge on any atom is 0.223 e. The summed E-state index contributed by atoms with van der Waals surface area (Å²) in [6.07, 6.45) is 14.9. The van der Waals surface area contributed by atoms with Gasteiger partial charge in [0.2, 0.25) is 5.91 Å². The molecule has 34 heavy (non-hydrogen) atoms. The zero-order valence-electron chi connectivity index (χ0n) is 20.2. The van der Waals surface area contributed by atoms with Crippen LogP contribution in [0.2, 0.25) is 0 Å². The Bertz CT molecular complexity index is 1040. The molecule has 0 saturated heterocycles. The average molecular weight is 606 g/mol. The van der Waals surface area contributed by atoms with Crippen molar-refractivity contribution < 1.29 is 17.6 Å². The van der Waals surface area contributed by atoms with Gasteiger partial charge in [-0.25, -0.2) is 12.8 Å². The van der Waals surface area contributed by atoms with Crippen molar-refractivity contribution in [3.63, 3.8) is 0 Å². The van der Waals surface area contributed by atoms with Gasteiger partial charge in [-0.2, -0.15) is 5.10 Å². The van der Waals surface area contributed by atoms with Crippen LogP contribution in [-0.2, 0) is 21.7 Å². The summed E-state index contributed by atoms with van der Waals surface area (Å²) in [5, 5.41) is 7.16. The molecule has 2 heterocycles. The van der Waals surface area contributed by atoms with Crippen molar-refractivity contribution >= 4 is 40.5 Å². The van der Waals surface area contributed by atoms with Crippen molar-refractivity contribution in [1.82, 2.24) is 15.1 Å². The topological polar surface area (TPSA) is 81.1 Å². The van der Waals surface area contributed by atoms with E-state index in [1.165, 1.54) is 29.6 Å². The maximum absolute atomic E-state index is 15.0. The molecule has 1 atom stereocenters. The highest BCUT2D eigenvalue weighted by Crippen LogP contribution is 2.47. The molecule has 1 fully saturated rings. The second-order valence-corrected chi connectivity index (χ2v) is 14.0. The second kappa shape index (κ2) is 12.6. The molecule has 1 aromatic heterocycles. The monoisotopic (exact) mass is 605 g/mol. The number of amides is 1. The lowest BCUT2D eigenvalue weighted by Gasteiger charge is -2.36. The van der Waals surface area contributed by atoms with E-state index in [0.717, 1.165) is 42.1 Å². The number of carbonyl (C=O) groups is 1. The molecule has 1 aliphatic carbocycles. The molecule has 0 aromatic carbocycles. The van der Waals surface area contributed by atoms with E-state index < -0.39 is 36.0 Å². The maximum atomic E-state index is 15.0. The number of hydrogen-bond acceptors (Lipinski definition) is 4. The SMILES string of the molecule is CCCC(CCCCS(=O)(=O)c1cnn(C)c1)(CNC(=O)C1CCCCC1)C1=C(F)C=CC=I1. The Hall–Kier alpha value is -1.36. The Kier molecular flexibility index (Phi) is 10.1. The van der Waals surface area contributed by atoms with Gasteiger partial charge in [0.1, 0.15) is 10.7 Å². The molecule has 9 heteroatoms. The molecular formula is C25H37FIN3O3S. The fourth-order valence-corrected chi connectivity index (χ4v) is 8.97. The first-order valence-corrected chi connectivity index (χ1v) is 16.3. The van der Waals surface area contributed by atoms with Gasteiger partial charge >= 0.3 is 0 Å². The molecule has 2 aliphatic rings. The first-order chi connectivity index (χ1) is 16.3. The van der Waals surface area contributed by atoms with Crippen molar-refractivity contribution in [3.05, 3.63) is 34.0 Å². The van der Waals surface area contributed by atoms with Crippen LogP contribution in [0.25, 0.3) is 0 Å². The third-order valence-electron chi connectivity index (χ3n) is 6.83. The minimum absolute atomic E-state index is 0.0396. The predicted octanol–water partition coefficient (Wildman–Crippen LogP) is 5.37. The van der Waals surface area contributed by atoms with Crippen molar-refractivity contribution in [2.24, 2.45) is 18.4 Å². The Morgan fingerprint density at radius 1 is 1.26 bits per heavy atom. The van der Waals surface area contributed by atoms with Crippen molar-refractivity contribution in [2.75, 3.05) is 12.3 Å². The van der Waals surface area contributed by atoms with E-state index >= 15 is 4.39 Å². The zero-order valence-corrected chi connectivity index (χ0v) is 23.2. The van der Waals surface area contributed by atoms with E-state index in [2.05, 4.69) is 21.4 Å². The molecular weight excluding hydrogens is 568 g/mol. The summed E-state index contributed by atoms with van der Waals surface area (Å²) >= 11 is -0.608. The number of halogens is 2. The Balaban J connectivity index is 1.71. The highest BCUT2D eigenvalue weighted by molar-refractivity contribution is 14.2. The summed E-state index contributed by atoms with van der Waals surface area (Å²) in [5.41, 5.74) is -0.463. The lowest BCUT2D eigenvalue weighted by molar-refractivity contribution is -0.126. The highest BCUT2D eigenvalue weighted by atomic mass is 127. The van der Waals surface area contributed by atoms with Crippen LogP contribution in [0.3, 0.4) is 0 Å². The van der Waals surface area contributed by atoms with Crippen LogP contribution in [-0.4, -0.2) is 40.4 Å². The van der Waals surface area contributed by atoms with Gasteiger partial charge in [0.05, 0.1) is 11.9 Å². The molecule has 0 spiro atoms. The first kappa shape index (κ1) is 27.2. The van der Waals surface area contributed by atoms with Crippen LogP contribution in [0.4, 0.5) is 4.39 Å². The van der Waals surface area contributed by atoms with E-state index in [1.807, 2.05) is 0 Å². The van der Waals surface area contributed by atoms with Gasteiger partial charge in [-0.05, 0) is 42.2 Å². The van der Waals surface area contributed by atoms with Crippen LogP contribution < -0.4 is 5.32 Å². The molecule has 1 unspecified atom stereocenters. The van der Waals surface area contributed by atoms with Crippen molar-refractivity contribution in [2.45, 2.75) is 76.0 Å². The molecule has 190 valence electrons. The fraction of sp³-hybridized carbons (Fsp3) is 0.640.